The molecule has 1 fully saturated rings. The molecule has 0 aliphatic heterocycles. The summed E-state index contributed by atoms with van der Waals surface area (Å²) in [5, 5.41) is 0. The molecule has 14 heavy (non-hydrogen) atoms. The zero-order valence-corrected chi connectivity index (χ0v) is 8.41. The molecule has 1 aromatic rings. The van der Waals surface area contributed by atoms with Crippen LogP contribution in [0.25, 0.3) is 0 Å². The number of aryl methyl sites for hydroxylation is 1. The Labute approximate surface area is 85.1 Å². The summed E-state index contributed by atoms with van der Waals surface area (Å²) in [4.78, 5) is 11.4. The van der Waals surface area contributed by atoms with E-state index in [4.69, 9.17) is 0 Å². The van der Waals surface area contributed by atoms with Gasteiger partial charge in [-0.3, -0.25) is 4.79 Å². The van der Waals surface area contributed by atoms with Gasteiger partial charge in [0.2, 0.25) is 0 Å². The topological polar surface area (TPSA) is 17.1 Å². The first-order valence-corrected chi connectivity index (χ1v) is 5.43. The lowest BCUT2D eigenvalue weighted by Gasteiger charge is -2.06. The van der Waals surface area contributed by atoms with E-state index in [0.717, 1.165) is 32.1 Å². The SMILES string of the molecule is O=C1CCC[C@@H]1CCc1ccccc1. The summed E-state index contributed by atoms with van der Waals surface area (Å²) in [6.07, 6.45) is 5.14. The summed E-state index contributed by atoms with van der Waals surface area (Å²) in [6.45, 7) is 0. The highest BCUT2D eigenvalue weighted by Crippen LogP contribution is 2.25. The smallest absolute Gasteiger partial charge is 0.135 e. The van der Waals surface area contributed by atoms with Crippen LogP contribution in [0.3, 0.4) is 0 Å². The van der Waals surface area contributed by atoms with Crippen LogP contribution in [0.5, 0.6) is 0 Å². The third-order valence-corrected chi connectivity index (χ3v) is 3.06. The maximum atomic E-state index is 11.4. The second kappa shape index (κ2) is 4.41. The highest BCUT2D eigenvalue weighted by Gasteiger charge is 2.23. The first-order chi connectivity index (χ1) is 6.86. The lowest BCUT2D eigenvalue weighted by Crippen LogP contribution is -2.07. The molecule has 0 aromatic heterocycles. The van der Waals surface area contributed by atoms with Gasteiger partial charge in [0, 0.05) is 12.3 Å². The molecular formula is C13H16O. The maximum absolute atomic E-state index is 11.4. The van der Waals surface area contributed by atoms with Crippen molar-refractivity contribution in [1.82, 2.24) is 0 Å². The van der Waals surface area contributed by atoms with Gasteiger partial charge in [-0.25, -0.2) is 0 Å². The van der Waals surface area contributed by atoms with Crippen LogP contribution in [0.2, 0.25) is 0 Å². The second-order valence-corrected chi connectivity index (χ2v) is 4.08. The largest absolute Gasteiger partial charge is 0.299 e. The molecule has 1 nitrogen and oxygen atoms in total. The number of ketones is 1. The minimum atomic E-state index is 0.357. The number of rotatable bonds is 3. The molecule has 1 aliphatic rings. The quantitative estimate of drug-likeness (QED) is 0.712. The molecule has 0 heterocycles. The van der Waals surface area contributed by atoms with Gasteiger partial charge in [0.15, 0.2) is 0 Å². The highest BCUT2D eigenvalue weighted by atomic mass is 16.1. The molecule has 0 amide bonds. The van der Waals surface area contributed by atoms with Gasteiger partial charge in [-0.15, -0.1) is 0 Å². The van der Waals surface area contributed by atoms with Crippen LogP contribution in [-0.4, -0.2) is 5.78 Å². The van der Waals surface area contributed by atoms with Gasteiger partial charge in [0.25, 0.3) is 0 Å². The molecule has 1 aliphatic carbocycles. The summed E-state index contributed by atoms with van der Waals surface area (Å²) in [5.41, 5.74) is 1.35. The van der Waals surface area contributed by atoms with Gasteiger partial charge in [0.1, 0.15) is 5.78 Å². The van der Waals surface area contributed by atoms with E-state index in [1.807, 2.05) is 6.07 Å². The monoisotopic (exact) mass is 188 g/mol. The minimum Gasteiger partial charge on any atom is -0.299 e. The Morgan fingerprint density at radius 2 is 2.00 bits per heavy atom. The molecule has 1 heteroatoms. The van der Waals surface area contributed by atoms with Gasteiger partial charge in [0.05, 0.1) is 0 Å². The Balaban J connectivity index is 1.85. The highest BCUT2D eigenvalue weighted by molar-refractivity contribution is 5.82. The Bertz CT molecular complexity index is 302. The van der Waals surface area contributed by atoms with Gasteiger partial charge in [-0.2, -0.15) is 0 Å². The molecule has 2 rings (SSSR count). The fourth-order valence-electron chi connectivity index (χ4n) is 2.18. The number of hydrogen-bond donors (Lipinski definition) is 0. The Hall–Kier alpha value is -1.11. The molecule has 0 radical (unpaired) electrons. The van der Waals surface area contributed by atoms with E-state index in [2.05, 4.69) is 24.3 Å². The molecule has 0 unspecified atom stereocenters. The maximum Gasteiger partial charge on any atom is 0.135 e. The van der Waals surface area contributed by atoms with Crippen LogP contribution in [0, 0.1) is 5.92 Å². The number of carbonyl (C=O) groups is 1. The normalized spacial score (nSPS) is 21.4. The first-order valence-electron chi connectivity index (χ1n) is 5.43. The lowest BCUT2D eigenvalue weighted by molar-refractivity contribution is -0.120. The Morgan fingerprint density at radius 3 is 2.64 bits per heavy atom. The van der Waals surface area contributed by atoms with Crippen molar-refractivity contribution in [2.75, 3.05) is 0 Å². The van der Waals surface area contributed by atoms with Crippen molar-refractivity contribution in [2.45, 2.75) is 32.1 Å². The number of Topliss-reactive ketones (excluding diaryl/α,β-unsaturated/α-hetero) is 1. The van der Waals surface area contributed by atoms with E-state index in [1.54, 1.807) is 0 Å². The predicted molar refractivity (Wildman–Crippen MR) is 57.1 cm³/mol. The summed E-state index contributed by atoms with van der Waals surface area (Å²) >= 11 is 0. The summed E-state index contributed by atoms with van der Waals surface area (Å²) in [7, 11) is 0. The summed E-state index contributed by atoms with van der Waals surface area (Å²) in [6, 6.07) is 10.4. The van der Waals surface area contributed by atoms with Crippen molar-refractivity contribution in [3.8, 4) is 0 Å². The third kappa shape index (κ3) is 2.22. The molecule has 0 bridgehead atoms. The fourth-order valence-corrected chi connectivity index (χ4v) is 2.18. The molecular weight excluding hydrogens is 172 g/mol. The van der Waals surface area contributed by atoms with Crippen molar-refractivity contribution in [1.29, 1.82) is 0 Å². The van der Waals surface area contributed by atoms with Crippen LogP contribution in [-0.2, 0) is 11.2 Å². The van der Waals surface area contributed by atoms with Crippen molar-refractivity contribution < 1.29 is 4.79 Å². The number of hydrogen-bond acceptors (Lipinski definition) is 1. The van der Waals surface area contributed by atoms with Crippen molar-refractivity contribution in [3.63, 3.8) is 0 Å². The van der Waals surface area contributed by atoms with Crippen LogP contribution in [0.1, 0.15) is 31.2 Å². The average Bonchev–Trinajstić information content (AvgIpc) is 2.63. The van der Waals surface area contributed by atoms with Crippen molar-refractivity contribution in [3.05, 3.63) is 35.9 Å². The molecule has 74 valence electrons. The molecule has 1 atom stereocenters. The van der Waals surface area contributed by atoms with E-state index in [0.29, 0.717) is 11.7 Å². The Kier molecular flexibility index (Phi) is 2.97. The lowest BCUT2D eigenvalue weighted by atomic mass is 9.97. The Morgan fingerprint density at radius 1 is 1.21 bits per heavy atom. The van der Waals surface area contributed by atoms with Crippen molar-refractivity contribution >= 4 is 5.78 Å². The average molecular weight is 188 g/mol. The van der Waals surface area contributed by atoms with Crippen LogP contribution < -0.4 is 0 Å². The molecule has 0 saturated heterocycles. The standard InChI is InChI=1S/C13H16O/c14-13-8-4-7-12(13)10-9-11-5-2-1-3-6-11/h1-3,5-6,12H,4,7-10H2/t12-/m1/s1. The zero-order valence-electron chi connectivity index (χ0n) is 8.41. The van der Waals surface area contributed by atoms with Gasteiger partial charge >= 0.3 is 0 Å². The van der Waals surface area contributed by atoms with E-state index in [9.17, 15) is 4.79 Å². The molecule has 1 saturated carbocycles. The van der Waals surface area contributed by atoms with E-state index >= 15 is 0 Å². The van der Waals surface area contributed by atoms with Crippen LogP contribution in [0.4, 0.5) is 0 Å². The van der Waals surface area contributed by atoms with E-state index < -0.39 is 0 Å². The fraction of sp³-hybridized carbons (Fsp3) is 0.462. The van der Waals surface area contributed by atoms with Crippen LogP contribution >= 0.6 is 0 Å². The van der Waals surface area contributed by atoms with Gasteiger partial charge in [-0.1, -0.05) is 30.3 Å². The van der Waals surface area contributed by atoms with E-state index in [1.165, 1.54) is 5.56 Å². The summed E-state index contributed by atoms with van der Waals surface area (Å²) in [5.74, 6) is 0.844. The summed E-state index contributed by atoms with van der Waals surface area (Å²) < 4.78 is 0. The molecule has 0 spiro atoms. The molecule has 0 N–H and O–H groups in total. The molecule has 1 aromatic carbocycles. The third-order valence-electron chi connectivity index (χ3n) is 3.06. The van der Waals surface area contributed by atoms with Crippen LogP contribution in [0.15, 0.2) is 30.3 Å². The van der Waals surface area contributed by atoms with Gasteiger partial charge in [-0.05, 0) is 31.2 Å². The second-order valence-electron chi connectivity index (χ2n) is 4.08. The van der Waals surface area contributed by atoms with E-state index in [-0.39, 0.29) is 0 Å². The van der Waals surface area contributed by atoms with Gasteiger partial charge < -0.3 is 0 Å². The first kappa shape index (κ1) is 9.45. The predicted octanol–water partition coefficient (Wildman–Crippen LogP) is 2.99. The minimum absolute atomic E-state index is 0.357. The number of benzene rings is 1. The number of carbonyl (C=O) groups excluding carboxylic acids is 1. The van der Waals surface area contributed by atoms with Crippen molar-refractivity contribution in [2.24, 2.45) is 5.92 Å². The zero-order chi connectivity index (χ0) is 9.80.